The fourth-order valence-electron chi connectivity index (χ4n) is 1.82. The summed E-state index contributed by atoms with van der Waals surface area (Å²) in [6.07, 6.45) is 1.54. The SMILES string of the molecule is Nc1c(C(=O)Nc2cccc(Cl)c2Br)sc2nnccc12. The van der Waals surface area contributed by atoms with Gasteiger partial charge in [0.1, 0.15) is 9.71 Å². The number of rotatable bonds is 2. The number of carbonyl (C=O) groups is 1. The van der Waals surface area contributed by atoms with Crippen molar-refractivity contribution in [1.29, 1.82) is 0 Å². The molecule has 3 aromatic rings. The van der Waals surface area contributed by atoms with Crippen molar-refractivity contribution in [1.82, 2.24) is 10.2 Å². The highest BCUT2D eigenvalue weighted by Gasteiger charge is 2.18. The molecule has 0 spiro atoms. The minimum atomic E-state index is -0.307. The van der Waals surface area contributed by atoms with Gasteiger partial charge in [-0.3, -0.25) is 4.79 Å². The summed E-state index contributed by atoms with van der Waals surface area (Å²) in [4.78, 5) is 13.4. The Bertz CT molecular complexity index is 851. The zero-order valence-electron chi connectivity index (χ0n) is 10.4. The molecule has 3 rings (SSSR count). The van der Waals surface area contributed by atoms with E-state index in [1.807, 2.05) is 0 Å². The Balaban J connectivity index is 1.97. The first-order valence-electron chi connectivity index (χ1n) is 5.83. The Kier molecular flexibility index (Phi) is 3.79. The quantitative estimate of drug-likeness (QED) is 0.702. The third-order valence-electron chi connectivity index (χ3n) is 2.83. The Morgan fingerprint density at radius 2 is 2.19 bits per heavy atom. The summed E-state index contributed by atoms with van der Waals surface area (Å²) >= 11 is 10.5. The van der Waals surface area contributed by atoms with Gasteiger partial charge in [0, 0.05) is 5.39 Å². The minimum Gasteiger partial charge on any atom is -0.397 e. The second-order valence-corrected chi connectivity index (χ2v) is 6.35. The van der Waals surface area contributed by atoms with E-state index in [4.69, 9.17) is 17.3 Å². The lowest BCUT2D eigenvalue weighted by Gasteiger charge is -2.07. The van der Waals surface area contributed by atoms with Gasteiger partial charge in [-0.05, 0) is 34.1 Å². The summed E-state index contributed by atoms with van der Waals surface area (Å²) in [7, 11) is 0. The van der Waals surface area contributed by atoms with E-state index in [0.717, 1.165) is 5.39 Å². The molecule has 0 saturated heterocycles. The summed E-state index contributed by atoms with van der Waals surface area (Å²) in [5.74, 6) is -0.307. The second-order valence-electron chi connectivity index (χ2n) is 4.15. The van der Waals surface area contributed by atoms with Crippen LogP contribution in [0.5, 0.6) is 0 Å². The summed E-state index contributed by atoms with van der Waals surface area (Å²) in [6.45, 7) is 0. The summed E-state index contributed by atoms with van der Waals surface area (Å²) in [5, 5.41) is 11.8. The van der Waals surface area contributed by atoms with Gasteiger partial charge in [-0.1, -0.05) is 17.7 Å². The van der Waals surface area contributed by atoms with Crippen LogP contribution in [0, 0.1) is 0 Å². The maximum absolute atomic E-state index is 12.4. The van der Waals surface area contributed by atoms with Crippen LogP contribution in [-0.2, 0) is 0 Å². The lowest BCUT2D eigenvalue weighted by Crippen LogP contribution is -2.12. The number of carbonyl (C=O) groups excluding carboxylic acids is 1. The number of thiophene rings is 1. The van der Waals surface area contributed by atoms with E-state index in [2.05, 4.69) is 31.4 Å². The van der Waals surface area contributed by atoms with Gasteiger partial charge in [-0.2, -0.15) is 5.10 Å². The number of anilines is 2. The molecule has 1 aromatic carbocycles. The lowest BCUT2D eigenvalue weighted by molar-refractivity contribution is 0.103. The second kappa shape index (κ2) is 5.59. The largest absolute Gasteiger partial charge is 0.397 e. The minimum absolute atomic E-state index is 0.307. The number of benzene rings is 1. The third kappa shape index (κ3) is 2.59. The molecule has 0 bridgehead atoms. The van der Waals surface area contributed by atoms with Crippen molar-refractivity contribution >= 4 is 66.4 Å². The maximum Gasteiger partial charge on any atom is 0.267 e. The molecule has 1 amide bonds. The molecule has 0 saturated carbocycles. The van der Waals surface area contributed by atoms with E-state index in [0.29, 0.717) is 30.6 Å². The zero-order chi connectivity index (χ0) is 15.0. The van der Waals surface area contributed by atoms with Crippen LogP contribution < -0.4 is 11.1 Å². The van der Waals surface area contributed by atoms with Gasteiger partial charge in [-0.15, -0.1) is 16.4 Å². The van der Waals surface area contributed by atoms with Gasteiger partial charge in [-0.25, -0.2) is 0 Å². The Morgan fingerprint density at radius 1 is 1.38 bits per heavy atom. The highest BCUT2D eigenvalue weighted by Crippen LogP contribution is 2.34. The molecule has 21 heavy (non-hydrogen) atoms. The van der Waals surface area contributed by atoms with Gasteiger partial charge < -0.3 is 11.1 Å². The predicted octanol–water partition coefficient (Wildman–Crippen LogP) is 3.94. The standard InChI is InChI=1S/C13H8BrClN4OS/c14-9-7(15)2-1-3-8(9)18-12(20)11-10(16)6-4-5-17-19-13(6)21-11/h1-5H,16H2,(H,18,20). The molecule has 0 radical (unpaired) electrons. The normalized spacial score (nSPS) is 10.8. The lowest BCUT2D eigenvalue weighted by atomic mass is 10.2. The number of hydrogen-bond donors (Lipinski definition) is 2. The van der Waals surface area contributed by atoms with E-state index in [1.165, 1.54) is 11.3 Å². The van der Waals surface area contributed by atoms with E-state index in [-0.39, 0.29) is 5.91 Å². The monoisotopic (exact) mass is 382 g/mol. The molecule has 0 aliphatic rings. The van der Waals surface area contributed by atoms with Crippen LogP contribution in [0.2, 0.25) is 5.02 Å². The van der Waals surface area contributed by atoms with Crippen LogP contribution in [0.1, 0.15) is 9.67 Å². The van der Waals surface area contributed by atoms with Crippen molar-refractivity contribution in [3.8, 4) is 0 Å². The number of nitrogens with one attached hydrogen (secondary N) is 1. The molecule has 0 atom stereocenters. The van der Waals surface area contributed by atoms with Gasteiger partial charge in [0.05, 0.1) is 27.1 Å². The summed E-state index contributed by atoms with van der Waals surface area (Å²) < 4.78 is 0.625. The van der Waals surface area contributed by atoms with Crippen molar-refractivity contribution < 1.29 is 4.79 Å². The number of fused-ring (bicyclic) bond motifs is 1. The average molecular weight is 384 g/mol. The molecule has 3 N–H and O–H groups in total. The molecule has 5 nitrogen and oxygen atoms in total. The molecule has 2 aromatic heterocycles. The summed E-state index contributed by atoms with van der Waals surface area (Å²) in [5.41, 5.74) is 6.99. The Labute approximate surface area is 137 Å². The van der Waals surface area contributed by atoms with Crippen LogP contribution >= 0.6 is 38.9 Å². The van der Waals surface area contributed by atoms with Gasteiger partial charge in [0.2, 0.25) is 0 Å². The van der Waals surface area contributed by atoms with Crippen molar-refractivity contribution in [3.05, 3.63) is 44.8 Å². The van der Waals surface area contributed by atoms with Crippen LogP contribution in [0.3, 0.4) is 0 Å². The fourth-order valence-corrected chi connectivity index (χ4v) is 3.29. The number of nitrogens with zero attached hydrogens (tertiary/aromatic N) is 2. The predicted molar refractivity (Wildman–Crippen MR) is 88.9 cm³/mol. The zero-order valence-corrected chi connectivity index (χ0v) is 13.6. The van der Waals surface area contributed by atoms with Gasteiger partial charge in [0.15, 0.2) is 0 Å². The molecule has 106 valence electrons. The highest BCUT2D eigenvalue weighted by molar-refractivity contribution is 9.10. The molecule has 2 heterocycles. The molecule has 0 aliphatic carbocycles. The molecule has 0 unspecified atom stereocenters. The van der Waals surface area contributed by atoms with Crippen molar-refractivity contribution in [2.45, 2.75) is 0 Å². The molecule has 8 heteroatoms. The van der Waals surface area contributed by atoms with E-state index < -0.39 is 0 Å². The maximum atomic E-state index is 12.4. The van der Waals surface area contributed by atoms with Gasteiger partial charge in [0.25, 0.3) is 5.91 Å². The van der Waals surface area contributed by atoms with Crippen molar-refractivity contribution in [3.63, 3.8) is 0 Å². The molecular formula is C13H8BrClN4OS. The topological polar surface area (TPSA) is 80.9 Å². The number of amides is 1. The smallest absolute Gasteiger partial charge is 0.267 e. The molecular weight excluding hydrogens is 376 g/mol. The third-order valence-corrected chi connectivity index (χ3v) is 5.33. The summed E-state index contributed by atoms with van der Waals surface area (Å²) in [6, 6.07) is 6.96. The van der Waals surface area contributed by atoms with Crippen LogP contribution in [-0.4, -0.2) is 16.1 Å². The Hall–Kier alpha value is -1.70. The van der Waals surface area contributed by atoms with Crippen molar-refractivity contribution in [2.75, 3.05) is 11.1 Å². The number of aromatic nitrogens is 2. The first kappa shape index (κ1) is 14.2. The first-order valence-corrected chi connectivity index (χ1v) is 7.81. The van der Waals surface area contributed by atoms with Crippen LogP contribution in [0.15, 0.2) is 34.9 Å². The number of halogens is 2. The van der Waals surface area contributed by atoms with E-state index in [1.54, 1.807) is 30.5 Å². The Morgan fingerprint density at radius 3 is 2.95 bits per heavy atom. The van der Waals surface area contributed by atoms with Crippen molar-refractivity contribution in [2.24, 2.45) is 0 Å². The van der Waals surface area contributed by atoms with E-state index >= 15 is 0 Å². The molecule has 0 fully saturated rings. The fraction of sp³-hybridized carbons (Fsp3) is 0. The van der Waals surface area contributed by atoms with Crippen LogP contribution in [0.4, 0.5) is 11.4 Å². The molecule has 0 aliphatic heterocycles. The van der Waals surface area contributed by atoms with Crippen LogP contribution in [0.25, 0.3) is 10.2 Å². The van der Waals surface area contributed by atoms with E-state index in [9.17, 15) is 4.79 Å². The highest BCUT2D eigenvalue weighted by atomic mass is 79.9. The first-order chi connectivity index (χ1) is 10.1. The number of hydrogen-bond acceptors (Lipinski definition) is 5. The number of nitrogens with two attached hydrogens (primary N) is 1. The van der Waals surface area contributed by atoms with Gasteiger partial charge >= 0.3 is 0 Å². The number of nitrogen functional groups attached to an aromatic ring is 1. The average Bonchev–Trinajstić information content (AvgIpc) is 2.82.